The smallest absolute Gasteiger partial charge is 0.292 e. The van der Waals surface area contributed by atoms with Crippen LogP contribution >= 0.6 is 0 Å². The third-order valence-corrected chi connectivity index (χ3v) is 4.04. The number of fused-ring (bicyclic) bond motifs is 1. The van der Waals surface area contributed by atoms with Gasteiger partial charge in [-0.1, -0.05) is 18.2 Å². The van der Waals surface area contributed by atoms with Gasteiger partial charge in [0.25, 0.3) is 11.5 Å². The quantitative estimate of drug-likeness (QED) is 0.531. The summed E-state index contributed by atoms with van der Waals surface area (Å²) in [7, 11) is 3.10. The highest BCUT2D eigenvalue weighted by Gasteiger charge is 2.14. The van der Waals surface area contributed by atoms with Gasteiger partial charge in [0.15, 0.2) is 17.2 Å². The summed E-state index contributed by atoms with van der Waals surface area (Å²) in [5, 5.41) is 11.1. The summed E-state index contributed by atoms with van der Waals surface area (Å²) in [6.07, 6.45) is 0. The third-order valence-electron chi connectivity index (χ3n) is 4.04. The van der Waals surface area contributed by atoms with Gasteiger partial charge in [0.05, 0.1) is 25.3 Å². The Morgan fingerprint density at radius 1 is 1.07 bits per heavy atom. The van der Waals surface area contributed by atoms with E-state index in [1.165, 1.54) is 0 Å². The van der Waals surface area contributed by atoms with E-state index in [9.17, 15) is 9.59 Å². The number of aromatic amines is 1. The monoisotopic (exact) mass is 366 g/mol. The lowest BCUT2D eigenvalue weighted by Crippen LogP contribution is -2.23. The van der Waals surface area contributed by atoms with E-state index in [2.05, 4.69) is 20.7 Å². The molecule has 0 saturated carbocycles. The van der Waals surface area contributed by atoms with Crippen molar-refractivity contribution in [2.24, 2.45) is 5.10 Å². The Bertz CT molecular complexity index is 1090. The topological polar surface area (TPSA) is 106 Å². The van der Waals surface area contributed by atoms with E-state index >= 15 is 0 Å². The maximum Gasteiger partial charge on any atom is 0.292 e. The minimum Gasteiger partial charge on any atom is -0.493 e. The number of rotatable bonds is 5. The number of aromatic nitrogens is 2. The Hall–Kier alpha value is -3.68. The van der Waals surface area contributed by atoms with Gasteiger partial charge in [0, 0.05) is 10.9 Å². The number of nitrogens with one attached hydrogen (secondary N) is 2. The largest absolute Gasteiger partial charge is 0.493 e. The maximum atomic E-state index is 12.5. The van der Waals surface area contributed by atoms with Gasteiger partial charge in [-0.3, -0.25) is 9.59 Å². The van der Waals surface area contributed by atoms with Crippen LogP contribution < -0.4 is 20.5 Å². The van der Waals surface area contributed by atoms with Crippen molar-refractivity contribution < 1.29 is 14.3 Å². The van der Waals surface area contributed by atoms with Crippen LogP contribution in [0.4, 0.5) is 0 Å². The molecule has 1 heterocycles. The van der Waals surface area contributed by atoms with Crippen molar-refractivity contribution in [2.75, 3.05) is 14.2 Å². The Labute approximate surface area is 154 Å². The average Bonchev–Trinajstić information content (AvgIpc) is 2.71. The molecule has 0 fully saturated rings. The summed E-state index contributed by atoms with van der Waals surface area (Å²) < 4.78 is 10.5. The predicted octanol–water partition coefficient (Wildman–Crippen LogP) is 2.09. The number of H-pyrrole nitrogens is 1. The molecule has 0 bridgehead atoms. The van der Waals surface area contributed by atoms with E-state index in [0.29, 0.717) is 28.0 Å². The molecule has 8 nitrogen and oxygen atoms in total. The van der Waals surface area contributed by atoms with Crippen molar-refractivity contribution in [1.82, 2.24) is 15.6 Å². The molecule has 0 aliphatic carbocycles. The highest BCUT2D eigenvalue weighted by Crippen LogP contribution is 2.27. The van der Waals surface area contributed by atoms with Gasteiger partial charge in [-0.05, 0) is 31.2 Å². The average molecular weight is 366 g/mol. The van der Waals surface area contributed by atoms with Crippen LogP contribution in [0, 0.1) is 0 Å². The lowest BCUT2D eigenvalue weighted by molar-refractivity contribution is 0.0950. The molecular weight excluding hydrogens is 348 g/mol. The van der Waals surface area contributed by atoms with E-state index in [1.807, 2.05) is 0 Å². The fourth-order valence-corrected chi connectivity index (χ4v) is 2.60. The van der Waals surface area contributed by atoms with E-state index < -0.39 is 5.91 Å². The van der Waals surface area contributed by atoms with Crippen molar-refractivity contribution >= 4 is 22.4 Å². The zero-order valence-corrected chi connectivity index (χ0v) is 15.1. The molecule has 2 N–H and O–H groups in total. The van der Waals surface area contributed by atoms with E-state index in [4.69, 9.17) is 9.47 Å². The number of carbonyl (C=O) groups excluding carboxylic acids is 1. The molecule has 138 valence electrons. The number of hydrogen-bond acceptors (Lipinski definition) is 6. The predicted molar refractivity (Wildman–Crippen MR) is 102 cm³/mol. The molecule has 0 unspecified atom stereocenters. The molecule has 0 spiro atoms. The van der Waals surface area contributed by atoms with Gasteiger partial charge in [-0.2, -0.15) is 10.2 Å². The lowest BCUT2D eigenvalue weighted by atomic mass is 10.1. The number of carbonyl (C=O) groups is 1. The Morgan fingerprint density at radius 3 is 2.48 bits per heavy atom. The van der Waals surface area contributed by atoms with E-state index in [1.54, 1.807) is 63.6 Å². The Balaban J connectivity index is 1.87. The SMILES string of the molecule is COc1ccc(/C(C)=N/NC(=O)c2n[nH]c(=O)c3ccccc23)cc1OC. The maximum absolute atomic E-state index is 12.5. The molecule has 0 radical (unpaired) electrons. The summed E-state index contributed by atoms with van der Waals surface area (Å²) in [6, 6.07) is 12.1. The second kappa shape index (κ2) is 7.69. The van der Waals surface area contributed by atoms with Crippen LogP contribution in [0.5, 0.6) is 11.5 Å². The van der Waals surface area contributed by atoms with Crippen LogP contribution in [0.2, 0.25) is 0 Å². The number of hydrazone groups is 1. The summed E-state index contributed by atoms with van der Waals surface area (Å²) >= 11 is 0. The molecule has 0 aliphatic rings. The number of hydrogen-bond donors (Lipinski definition) is 2. The first-order valence-corrected chi connectivity index (χ1v) is 8.09. The zero-order chi connectivity index (χ0) is 19.4. The van der Waals surface area contributed by atoms with Crippen LogP contribution in [-0.2, 0) is 0 Å². The van der Waals surface area contributed by atoms with Gasteiger partial charge in [0.2, 0.25) is 0 Å². The first-order chi connectivity index (χ1) is 13.0. The molecule has 0 atom stereocenters. The molecule has 2 aromatic carbocycles. The fourth-order valence-electron chi connectivity index (χ4n) is 2.60. The number of nitrogens with zero attached hydrogens (tertiary/aromatic N) is 2. The normalized spacial score (nSPS) is 11.3. The molecule has 27 heavy (non-hydrogen) atoms. The van der Waals surface area contributed by atoms with E-state index in [-0.39, 0.29) is 11.3 Å². The van der Waals surface area contributed by atoms with Crippen LogP contribution in [0.25, 0.3) is 10.8 Å². The third kappa shape index (κ3) is 3.64. The minimum absolute atomic E-state index is 0.0917. The van der Waals surface area contributed by atoms with Gasteiger partial charge >= 0.3 is 0 Å². The second-order valence-corrected chi connectivity index (χ2v) is 5.65. The van der Waals surface area contributed by atoms with E-state index in [0.717, 1.165) is 5.56 Å². The molecule has 8 heteroatoms. The fraction of sp³-hybridized carbons (Fsp3) is 0.158. The van der Waals surface area contributed by atoms with Gasteiger partial charge in [-0.15, -0.1) is 0 Å². The van der Waals surface area contributed by atoms with Crippen LogP contribution in [-0.4, -0.2) is 36.0 Å². The first kappa shape index (κ1) is 18.1. The highest BCUT2D eigenvalue weighted by atomic mass is 16.5. The number of methoxy groups -OCH3 is 2. The Morgan fingerprint density at radius 2 is 1.78 bits per heavy atom. The first-order valence-electron chi connectivity index (χ1n) is 8.09. The number of ether oxygens (including phenoxy) is 2. The summed E-state index contributed by atoms with van der Waals surface area (Å²) in [4.78, 5) is 24.3. The molecule has 3 aromatic rings. The van der Waals surface area contributed by atoms with Crippen molar-refractivity contribution in [1.29, 1.82) is 0 Å². The van der Waals surface area contributed by atoms with Crippen molar-refractivity contribution in [3.63, 3.8) is 0 Å². The van der Waals surface area contributed by atoms with Crippen LogP contribution in [0.1, 0.15) is 23.0 Å². The van der Waals surface area contributed by atoms with Crippen molar-refractivity contribution in [3.05, 3.63) is 64.1 Å². The van der Waals surface area contributed by atoms with Gasteiger partial charge < -0.3 is 9.47 Å². The molecular formula is C19H18N4O4. The summed E-state index contributed by atoms with van der Waals surface area (Å²) in [6.45, 7) is 1.75. The number of amides is 1. The Kier molecular flexibility index (Phi) is 5.16. The second-order valence-electron chi connectivity index (χ2n) is 5.65. The molecule has 0 saturated heterocycles. The zero-order valence-electron chi connectivity index (χ0n) is 15.1. The summed E-state index contributed by atoms with van der Waals surface area (Å²) in [5.74, 6) is 0.633. The lowest BCUT2D eigenvalue weighted by Gasteiger charge is -2.09. The standard InChI is InChI=1S/C19H18N4O4/c1-11(12-8-9-15(26-2)16(10-12)27-3)20-23-19(25)17-13-6-4-5-7-14(13)18(24)22-21-17/h4-10H,1-3H3,(H,22,24)(H,23,25)/b20-11+. The molecule has 3 rings (SSSR count). The molecule has 1 aromatic heterocycles. The minimum atomic E-state index is -0.526. The van der Waals surface area contributed by atoms with Crippen LogP contribution in [0.15, 0.2) is 52.4 Å². The van der Waals surface area contributed by atoms with Crippen molar-refractivity contribution in [2.45, 2.75) is 6.92 Å². The van der Waals surface area contributed by atoms with Gasteiger partial charge in [0.1, 0.15) is 0 Å². The molecule has 0 aliphatic heterocycles. The summed E-state index contributed by atoms with van der Waals surface area (Å²) in [5.41, 5.74) is 3.53. The molecule has 1 amide bonds. The van der Waals surface area contributed by atoms with Gasteiger partial charge in [-0.25, -0.2) is 10.5 Å². The van der Waals surface area contributed by atoms with Crippen LogP contribution in [0.3, 0.4) is 0 Å². The highest BCUT2D eigenvalue weighted by molar-refractivity contribution is 6.06. The number of benzene rings is 2. The van der Waals surface area contributed by atoms with Crippen molar-refractivity contribution in [3.8, 4) is 11.5 Å².